The van der Waals surface area contributed by atoms with Crippen molar-refractivity contribution < 1.29 is 20.6 Å². The molecule has 0 N–H and O–H groups in total. The zero-order chi connectivity index (χ0) is 15.1. The molecule has 3 heteroatoms. The van der Waals surface area contributed by atoms with Gasteiger partial charge in [-0.05, 0) is 0 Å². The molecule has 2 nitrogen and oxygen atoms in total. The quantitative estimate of drug-likeness (QED) is 0.804. The Balaban J connectivity index is 2.22. The first-order valence-corrected chi connectivity index (χ1v) is 7.28. The predicted molar refractivity (Wildman–Crippen MR) is 83.9 cm³/mol. The van der Waals surface area contributed by atoms with E-state index in [0.717, 1.165) is 17.8 Å². The molecular weight excluding hydrogens is 298 g/mol. The van der Waals surface area contributed by atoms with E-state index in [4.69, 9.17) is 4.74 Å². The van der Waals surface area contributed by atoms with Crippen LogP contribution >= 0.6 is 0 Å². The van der Waals surface area contributed by atoms with E-state index in [1.165, 1.54) is 5.56 Å². The second-order valence-electron chi connectivity index (χ2n) is 4.60. The molecule has 106 valence electrons. The van der Waals surface area contributed by atoms with E-state index in [1.807, 2.05) is 24.3 Å². The van der Waals surface area contributed by atoms with Crippen LogP contribution in [-0.4, -0.2) is 18.7 Å². The molecular formula is C18H17CrNO. The fourth-order valence-corrected chi connectivity index (χ4v) is 2.10. The van der Waals surface area contributed by atoms with E-state index in [1.54, 1.807) is 7.11 Å². The van der Waals surface area contributed by atoms with Crippen molar-refractivity contribution in [1.29, 1.82) is 0 Å². The van der Waals surface area contributed by atoms with Gasteiger partial charge in [0.2, 0.25) is 0 Å². The van der Waals surface area contributed by atoms with E-state index in [0.29, 0.717) is 4.57 Å². The number of rotatable bonds is 4. The number of para-hydroxylation sites is 1. The maximum atomic E-state index is 5.04. The molecule has 0 saturated carbocycles. The van der Waals surface area contributed by atoms with Gasteiger partial charge in [0.05, 0.1) is 0 Å². The summed E-state index contributed by atoms with van der Waals surface area (Å²) in [6.07, 6.45) is 0. The normalized spacial score (nSPS) is 9.62. The van der Waals surface area contributed by atoms with Crippen LogP contribution in [0.25, 0.3) is 0 Å². The van der Waals surface area contributed by atoms with E-state index >= 15 is 0 Å². The summed E-state index contributed by atoms with van der Waals surface area (Å²) in [6, 6.07) is 18.5. The average molecular weight is 315 g/mol. The SMILES string of the molecule is CO[C](=[Cr])C#Cc1ccccc1N(C)Cc1ccccc1. The van der Waals surface area contributed by atoms with Crippen molar-refractivity contribution in [2.24, 2.45) is 0 Å². The Morgan fingerprint density at radius 2 is 1.76 bits per heavy atom. The van der Waals surface area contributed by atoms with Crippen LogP contribution in [0.3, 0.4) is 0 Å². The molecule has 0 fully saturated rings. The van der Waals surface area contributed by atoms with Gasteiger partial charge in [-0.1, -0.05) is 0 Å². The van der Waals surface area contributed by atoms with Crippen LogP contribution < -0.4 is 4.90 Å². The number of anilines is 1. The zero-order valence-corrected chi connectivity index (χ0v) is 13.4. The van der Waals surface area contributed by atoms with Gasteiger partial charge in [-0.2, -0.15) is 0 Å². The van der Waals surface area contributed by atoms with Crippen LogP contribution in [0.1, 0.15) is 11.1 Å². The molecule has 2 aromatic carbocycles. The van der Waals surface area contributed by atoms with Crippen molar-refractivity contribution in [3.05, 3.63) is 65.7 Å². The third-order valence-corrected chi connectivity index (χ3v) is 3.48. The van der Waals surface area contributed by atoms with Crippen LogP contribution in [0, 0.1) is 11.8 Å². The first-order chi connectivity index (χ1) is 10.2. The van der Waals surface area contributed by atoms with Crippen molar-refractivity contribution in [2.45, 2.75) is 6.54 Å². The molecule has 21 heavy (non-hydrogen) atoms. The topological polar surface area (TPSA) is 12.5 Å². The Morgan fingerprint density at radius 3 is 2.48 bits per heavy atom. The van der Waals surface area contributed by atoms with E-state index in [2.05, 4.69) is 70.0 Å². The Bertz CT molecular complexity index is 670. The van der Waals surface area contributed by atoms with Crippen molar-refractivity contribution in [3.63, 3.8) is 0 Å². The van der Waals surface area contributed by atoms with Crippen molar-refractivity contribution in [2.75, 3.05) is 19.1 Å². The van der Waals surface area contributed by atoms with Gasteiger partial charge < -0.3 is 0 Å². The first kappa shape index (κ1) is 15.5. The van der Waals surface area contributed by atoms with Gasteiger partial charge in [-0.15, -0.1) is 0 Å². The predicted octanol–water partition coefficient (Wildman–Crippen LogP) is 3.00. The number of benzene rings is 2. The van der Waals surface area contributed by atoms with Crippen molar-refractivity contribution >= 4 is 10.3 Å². The summed E-state index contributed by atoms with van der Waals surface area (Å²) in [7, 11) is 3.68. The van der Waals surface area contributed by atoms with Gasteiger partial charge in [-0.3, -0.25) is 0 Å². The second kappa shape index (κ2) is 7.82. The minimum atomic E-state index is 0.593. The van der Waals surface area contributed by atoms with Crippen molar-refractivity contribution in [1.82, 2.24) is 0 Å². The molecule has 0 aliphatic carbocycles. The van der Waals surface area contributed by atoms with Gasteiger partial charge in [0.15, 0.2) is 0 Å². The van der Waals surface area contributed by atoms with Gasteiger partial charge in [0, 0.05) is 0 Å². The molecule has 0 heterocycles. The molecule has 0 aromatic heterocycles. The molecule has 0 aliphatic rings. The van der Waals surface area contributed by atoms with Crippen LogP contribution in [0.5, 0.6) is 0 Å². The fourth-order valence-electron chi connectivity index (χ4n) is 2.02. The van der Waals surface area contributed by atoms with Crippen LogP contribution in [0.2, 0.25) is 0 Å². The molecule has 0 aliphatic heterocycles. The number of methoxy groups -OCH3 is 1. The molecule has 0 spiro atoms. The Kier molecular flexibility index (Phi) is 5.79. The third-order valence-electron chi connectivity index (χ3n) is 3.06. The van der Waals surface area contributed by atoms with Gasteiger partial charge in [-0.25, -0.2) is 0 Å². The first-order valence-electron chi connectivity index (χ1n) is 6.65. The summed E-state index contributed by atoms with van der Waals surface area (Å²) in [6.45, 7) is 0.846. The minimum absolute atomic E-state index is 0.593. The fraction of sp³-hybridized carbons (Fsp3) is 0.167. The van der Waals surface area contributed by atoms with Gasteiger partial charge in [0.1, 0.15) is 0 Å². The zero-order valence-electron chi connectivity index (χ0n) is 12.2. The summed E-state index contributed by atoms with van der Waals surface area (Å²) < 4.78 is 5.63. The molecule has 0 bridgehead atoms. The average Bonchev–Trinajstić information content (AvgIpc) is 2.53. The second-order valence-corrected chi connectivity index (χ2v) is 5.18. The number of nitrogens with zero attached hydrogens (tertiary/aromatic N) is 1. The van der Waals surface area contributed by atoms with Crippen LogP contribution in [0.4, 0.5) is 5.69 Å². The maximum absolute atomic E-state index is 5.04. The molecule has 0 amide bonds. The molecule has 0 atom stereocenters. The summed E-state index contributed by atoms with van der Waals surface area (Å²) in [5.74, 6) is 6.12. The molecule has 0 unspecified atom stereocenters. The Hall–Kier alpha value is -1.84. The van der Waals surface area contributed by atoms with Crippen molar-refractivity contribution in [3.8, 4) is 11.8 Å². The molecule has 2 rings (SSSR count). The van der Waals surface area contributed by atoms with E-state index < -0.39 is 0 Å². The number of hydrogen-bond donors (Lipinski definition) is 0. The molecule has 2 aromatic rings. The monoisotopic (exact) mass is 315 g/mol. The summed E-state index contributed by atoms with van der Waals surface area (Å²) >= 11 is 2.79. The molecule has 0 radical (unpaired) electrons. The Morgan fingerprint density at radius 1 is 1.10 bits per heavy atom. The van der Waals surface area contributed by atoms with Gasteiger partial charge >= 0.3 is 134 Å². The summed E-state index contributed by atoms with van der Waals surface area (Å²) in [5.41, 5.74) is 3.37. The van der Waals surface area contributed by atoms with Gasteiger partial charge in [0.25, 0.3) is 0 Å². The Labute approximate surface area is 134 Å². The van der Waals surface area contributed by atoms with Crippen LogP contribution in [-0.2, 0) is 27.1 Å². The van der Waals surface area contributed by atoms with Crippen LogP contribution in [0.15, 0.2) is 54.6 Å². The number of hydrogen-bond acceptors (Lipinski definition) is 2. The third kappa shape index (κ3) is 4.59. The standard InChI is InChI=1S/C18H17NO.Cr/c1-19(15-16-9-4-3-5-10-16)18-13-7-6-11-17(18)12-8-14-20-2;/h3-7,9-11,13H,15H2,1-2H3;. The summed E-state index contributed by atoms with van der Waals surface area (Å²) in [5, 5.41) is 0. The molecule has 0 saturated heterocycles. The number of ether oxygens (including phenoxy) is 1. The summed E-state index contributed by atoms with van der Waals surface area (Å²) in [4.78, 5) is 2.20. The van der Waals surface area contributed by atoms with E-state index in [9.17, 15) is 0 Å². The van der Waals surface area contributed by atoms with E-state index in [-0.39, 0.29) is 0 Å².